The van der Waals surface area contributed by atoms with Crippen LogP contribution in [0.1, 0.15) is 79.6 Å². The third-order valence-electron chi connectivity index (χ3n) is 10.8. The molecule has 0 aromatic heterocycles. The first-order valence-electron chi connectivity index (χ1n) is 12.6. The quantitative estimate of drug-likeness (QED) is 0.603. The van der Waals surface area contributed by atoms with Crippen molar-refractivity contribution in [2.45, 2.75) is 96.9 Å². The first-order valence-corrected chi connectivity index (χ1v) is 12.6. The van der Waals surface area contributed by atoms with E-state index in [1.165, 1.54) is 0 Å². The fourth-order valence-corrected chi connectivity index (χ4v) is 8.46. The topological polar surface area (TPSA) is 83.8 Å². The van der Waals surface area contributed by atoms with Gasteiger partial charge in [0.05, 0.1) is 11.0 Å². The van der Waals surface area contributed by atoms with Crippen LogP contribution < -0.4 is 0 Å². The fraction of sp³-hybridized carbons (Fsp3) is 0.714. The molecule has 0 unspecified atom stereocenters. The van der Waals surface area contributed by atoms with Crippen molar-refractivity contribution in [2.75, 3.05) is 0 Å². The summed E-state index contributed by atoms with van der Waals surface area (Å²) in [5, 5.41) is 24.2. The van der Waals surface area contributed by atoms with Crippen LogP contribution in [0.25, 0.3) is 0 Å². The fourth-order valence-electron chi connectivity index (χ4n) is 8.46. The minimum Gasteiger partial charge on any atom is -0.456 e. The van der Waals surface area contributed by atoms with Crippen molar-refractivity contribution in [3.63, 3.8) is 0 Å². The monoisotopic (exact) mass is 454 g/mol. The number of carbonyl (C=O) groups excluding carboxylic acids is 2. The van der Waals surface area contributed by atoms with Crippen LogP contribution >= 0.6 is 0 Å². The minimum absolute atomic E-state index is 0.0148. The number of hydrogen-bond donors (Lipinski definition) is 2. The van der Waals surface area contributed by atoms with E-state index < -0.39 is 28.1 Å². The van der Waals surface area contributed by atoms with Crippen LogP contribution in [-0.2, 0) is 14.3 Å². The molecule has 0 aromatic rings. The van der Waals surface area contributed by atoms with E-state index in [1.807, 2.05) is 13.0 Å². The predicted molar refractivity (Wildman–Crippen MR) is 125 cm³/mol. The Hall–Kier alpha value is -1.72. The highest BCUT2D eigenvalue weighted by Gasteiger charge is 2.70. The lowest BCUT2D eigenvalue weighted by molar-refractivity contribution is -0.214. The smallest absolute Gasteiger partial charge is 0.334 e. The Morgan fingerprint density at radius 3 is 2.55 bits per heavy atom. The molecule has 5 aliphatic rings. The van der Waals surface area contributed by atoms with E-state index in [1.54, 1.807) is 13.8 Å². The lowest BCUT2D eigenvalue weighted by atomic mass is 9.45. The number of hydrogen-bond acceptors (Lipinski definition) is 5. The second-order valence-electron chi connectivity index (χ2n) is 12.0. The van der Waals surface area contributed by atoms with E-state index in [0.29, 0.717) is 31.3 Å². The number of Topliss-reactive ketones (excluding diaryl/α,β-unsaturated/α-hetero) is 1. The highest BCUT2D eigenvalue weighted by Crippen LogP contribution is 2.68. The molecule has 2 saturated carbocycles. The largest absolute Gasteiger partial charge is 0.456 e. The lowest BCUT2D eigenvalue weighted by Crippen LogP contribution is -2.64. The van der Waals surface area contributed by atoms with E-state index in [-0.39, 0.29) is 29.5 Å². The summed E-state index contributed by atoms with van der Waals surface area (Å²) in [5.74, 6) is -0.199. The molecule has 5 heteroatoms. The molecule has 0 spiro atoms. The van der Waals surface area contributed by atoms with Crippen LogP contribution in [0.4, 0.5) is 0 Å². The number of cyclic esters (lactones) is 1. The van der Waals surface area contributed by atoms with E-state index in [0.717, 1.165) is 30.4 Å². The Balaban J connectivity index is 1.49. The maximum absolute atomic E-state index is 13.1. The highest BCUT2D eigenvalue weighted by molar-refractivity contribution is 5.92. The molecule has 5 rings (SSSR count). The summed E-state index contributed by atoms with van der Waals surface area (Å²) in [6, 6.07) is 0. The maximum atomic E-state index is 13.1. The molecule has 1 aliphatic heterocycles. The van der Waals surface area contributed by atoms with E-state index in [9.17, 15) is 19.8 Å². The van der Waals surface area contributed by atoms with Gasteiger partial charge in [-0.25, -0.2) is 4.79 Å². The molecule has 2 N–H and O–H groups in total. The molecule has 1 heterocycles. The third kappa shape index (κ3) is 2.84. The van der Waals surface area contributed by atoms with Crippen molar-refractivity contribution in [1.29, 1.82) is 0 Å². The zero-order valence-corrected chi connectivity index (χ0v) is 20.6. The predicted octanol–water partition coefficient (Wildman–Crippen LogP) is 4.43. The van der Waals surface area contributed by atoms with E-state index >= 15 is 0 Å². The number of rotatable bonds is 2. The van der Waals surface area contributed by atoms with Crippen LogP contribution in [0.15, 0.2) is 34.9 Å². The van der Waals surface area contributed by atoms with Gasteiger partial charge in [-0.3, -0.25) is 4.79 Å². The van der Waals surface area contributed by atoms with Crippen molar-refractivity contribution in [2.24, 2.45) is 28.6 Å². The molecule has 4 aliphatic carbocycles. The Morgan fingerprint density at radius 1 is 1.12 bits per heavy atom. The van der Waals surface area contributed by atoms with Gasteiger partial charge in [0, 0.05) is 23.8 Å². The second kappa shape index (κ2) is 7.14. The molecule has 5 nitrogen and oxygen atoms in total. The van der Waals surface area contributed by atoms with Crippen LogP contribution in [0.5, 0.6) is 0 Å². The molecule has 8 atom stereocenters. The van der Waals surface area contributed by atoms with Gasteiger partial charge < -0.3 is 14.9 Å². The first-order chi connectivity index (χ1) is 15.4. The summed E-state index contributed by atoms with van der Waals surface area (Å²) in [4.78, 5) is 25.5. The number of aliphatic hydroxyl groups is 2. The number of ether oxygens (including phenoxy) is 1. The van der Waals surface area contributed by atoms with Gasteiger partial charge in [0.1, 0.15) is 17.5 Å². The van der Waals surface area contributed by atoms with Gasteiger partial charge in [0.2, 0.25) is 0 Å². The van der Waals surface area contributed by atoms with Crippen molar-refractivity contribution < 1.29 is 24.5 Å². The molecular weight excluding hydrogens is 416 g/mol. The Labute approximate surface area is 197 Å². The molecule has 180 valence electrons. The molecule has 0 radical (unpaired) electrons. The van der Waals surface area contributed by atoms with Gasteiger partial charge in [-0.05, 0) is 83.1 Å². The molecule has 0 saturated heterocycles. The third-order valence-corrected chi connectivity index (χ3v) is 10.8. The number of allylic oxidation sites excluding steroid dienone is 4. The van der Waals surface area contributed by atoms with Gasteiger partial charge in [-0.2, -0.15) is 0 Å². The first kappa shape index (κ1) is 23.0. The molecule has 33 heavy (non-hydrogen) atoms. The van der Waals surface area contributed by atoms with Crippen LogP contribution in [0, 0.1) is 28.6 Å². The number of fused-ring (bicyclic) bond motifs is 5. The number of esters is 1. The standard InChI is InChI=1S/C28H38O5/c1-16-15-23(33-24(30)17(16)2)27(5,31)21-12-14-28(32)20-10-9-18-7-6-8-22(29)26(18,4)19(20)11-13-25(21,28)3/h6-7,9,19-21,23,31-32H,8,10-15H2,1-5H3/t19-,20+,21-,23+,25+,26-,27+,28+/m0/s1. The molecule has 0 bridgehead atoms. The van der Waals surface area contributed by atoms with Gasteiger partial charge in [0.25, 0.3) is 0 Å². The van der Waals surface area contributed by atoms with Gasteiger partial charge in [-0.15, -0.1) is 0 Å². The summed E-state index contributed by atoms with van der Waals surface area (Å²) < 4.78 is 5.72. The van der Waals surface area contributed by atoms with Crippen molar-refractivity contribution >= 4 is 11.8 Å². The summed E-state index contributed by atoms with van der Waals surface area (Å²) in [6.45, 7) is 9.70. The zero-order valence-electron chi connectivity index (χ0n) is 20.6. The average molecular weight is 455 g/mol. The number of carbonyl (C=O) groups is 2. The van der Waals surface area contributed by atoms with Crippen LogP contribution in [0.3, 0.4) is 0 Å². The summed E-state index contributed by atoms with van der Waals surface area (Å²) in [7, 11) is 0. The summed E-state index contributed by atoms with van der Waals surface area (Å²) in [6.07, 6.45) is 10.2. The van der Waals surface area contributed by atoms with Crippen LogP contribution in [0.2, 0.25) is 0 Å². The normalized spacial score (nSPS) is 46.7. The molecular formula is C28H38O5. The number of ketones is 1. The SMILES string of the molecule is CC1=C(C)C(=O)O[C@@H]([C@](C)(O)[C@H]2CC[C@@]3(O)[C@@H]4CC=C5C=CCC(=O)[C@]5(C)[C@H]4CC[C@]23C)C1. The summed E-state index contributed by atoms with van der Waals surface area (Å²) >= 11 is 0. The van der Waals surface area contributed by atoms with Crippen molar-refractivity contribution in [3.05, 3.63) is 34.9 Å². The molecule has 0 amide bonds. The Bertz CT molecular complexity index is 1000. The average Bonchev–Trinajstić information content (AvgIpc) is 3.04. The van der Waals surface area contributed by atoms with Gasteiger partial charge in [-0.1, -0.05) is 30.7 Å². The zero-order chi connectivity index (χ0) is 24.0. The molecule has 2 fully saturated rings. The van der Waals surface area contributed by atoms with Crippen molar-refractivity contribution in [1.82, 2.24) is 0 Å². The minimum atomic E-state index is -1.24. The van der Waals surface area contributed by atoms with Gasteiger partial charge in [0.15, 0.2) is 0 Å². The maximum Gasteiger partial charge on any atom is 0.334 e. The highest BCUT2D eigenvalue weighted by atomic mass is 16.6. The summed E-state index contributed by atoms with van der Waals surface area (Å²) in [5.41, 5.74) is -0.554. The Morgan fingerprint density at radius 2 is 1.85 bits per heavy atom. The molecule has 0 aromatic carbocycles. The lowest BCUT2D eigenvalue weighted by Gasteiger charge is -2.61. The van der Waals surface area contributed by atoms with Crippen LogP contribution in [-0.4, -0.2) is 39.3 Å². The Kier molecular flexibility index (Phi) is 4.99. The second-order valence-corrected chi connectivity index (χ2v) is 12.0. The van der Waals surface area contributed by atoms with Gasteiger partial charge >= 0.3 is 5.97 Å². The van der Waals surface area contributed by atoms with Crippen molar-refractivity contribution in [3.8, 4) is 0 Å². The van der Waals surface area contributed by atoms with E-state index in [2.05, 4.69) is 26.0 Å². The van der Waals surface area contributed by atoms with E-state index in [4.69, 9.17) is 4.74 Å².